The molecule has 1 N–H and O–H groups in total. The van der Waals surface area contributed by atoms with Gasteiger partial charge in [0.1, 0.15) is 0 Å². The van der Waals surface area contributed by atoms with Crippen LogP contribution in [0.2, 0.25) is 0 Å². The van der Waals surface area contributed by atoms with Crippen LogP contribution in [0.5, 0.6) is 0 Å². The van der Waals surface area contributed by atoms with Gasteiger partial charge in [-0.2, -0.15) is 8.42 Å². The Morgan fingerprint density at radius 2 is 1.21 bits per heavy atom. The summed E-state index contributed by atoms with van der Waals surface area (Å²) in [5.41, 5.74) is 0. The Morgan fingerprint density at radius 1 is 0.684 bits per heavy atom. The molecule has 2 aromatic rings. The third-order valence-electron chi connectivity index (χ3n) is 2.47. The van der Waals surface area contributed by atoms with Gasteiger partial charge in [-0.05, 0) is 30.3 Å². The van der Waals surface area contributed by atoms with Gasteiger partial charge in [0.05, 0.1) is 14.7 Å². The van der Waals surface area contributed by atoms with E-state index in [-0.39, 0.29) is 9.79 Å². The average molecular weight is 298 g/mol. The molecule has 0 spiro atoms. The molecule has 19 heavy (non-hydrogen) atoms. The van der Waals surface area contributed by atoms with Gasteiger partial charge < -0.3 is 0 Å². The highest BCUT2D eigenvalue weighted by Crippen LogP contribution is 2.22. The van der Waals surface area contributed by atoms with Crippen LogP contribution in [0.25, 0.3) is 0 Å². The fourth-order valence-electron chi connectivity index (χ4n) is 1.54. The van der Waals surface area contributed by atoms with Crippen LogP contribution in [0, 0.1) is 0 Å². The summed E-state index contributed by atoms with van der Waals surface area (Å²) in [6.45, 7) is 0. The summed E-state index contributed by atoms with van der Waals surface area (Å²) >= 11 is 0. The summed E-state index contributed by atoms with van der Waals surface area (Å²) in [4.78, 5) is -0.583. The van der Waals surface area contributed by atoms with Gasteiger partial charge in [0.15, 0.2) is 0 Å². The van der Waals surface area contributed by atoms with Crippen LogP contribution in [-0.2, 0) is 20.0 Å². The summed E-state index contributed by atoms with van der Waals surface area (Å²) in [6, 6.07) is 12.2. The molecule has 100 valence electrons. The predicted molar refractivity (Wildman–Crippen MR) is 68.2 cm³/mol. The van der Waals surface area contributed by atoms with Gasteiger partial charge in [-0.15, -0.1) is 0 Å². The monoisotopic (exact) mass is 298 g/mol. The molecule has 2 rings (SSSR count). The van der Waals surface area contributed by atoms with Gasteiger partial charge in [-0.3, -0.25) is 4.55 Å². The lowest BCUT2D eigenvalue weighted by Crippen LogP contribution is -2.04. The first-order valence-corrected chi connectivity index (χ1v) is 8.12. The Morgan fingerprint density at radius 3 is 1.79 bits per heavy atom. The topological polar surface area (TPSA) is 88.5 Å². The second-order valence-corrected chi connectivity index (χ2v) is 7.14. The van der Waals surface area contributed by atoms with Gasteiger partial charge in [-0.25, -0.2) is 8.42 Å². The van der Waals surface area contributed by atoms with Crippen molar-refractivity contribution in [2.45, 2.75) is 14.7 Å². The second kappa shape index (κ2) is 4.76. The van der Waals surface area contributed by atoms with Gasteiger partial charge in [0.2, 0.25) is 9.84 Å². The van der Waals surface area contributed by atoms with Crippen molar-refractivity contribution < 1.29 is 21.4 Å². The molecule has 0 aliphatic heterocycles. The summed E-state index contributed by atoms with van der Waals surface area (Å²) in [5, 5.41) is 0. The molecular weight excluding hydrogens is 288 g/mol. The van der Waals surface area contributed by atoms with E-state index >= 15 is 0 Å². The van der Waals surface area contributed by atoms with Crippen molar-refractivity contribution in [3.8, 4) is 0 Å². The predicted octanol–water partition coefficient (Wildman–Crippen LogP) is 1.77. The first kappa shape index (κ1) is 13.7. The summed E-state index contributed by atoms with van der Waals surface area (Å²) in [7, 11) is -8.23. The average Bonchev–Trinajstić information content (AvgIpc) is 2.39. The molecule has 0 atom stereocenters. The number of hydrogen-bond donors (Lipinski definition) is 1. The molecule has 0 aliphatic carbocycles. The Hall–Kier alpha value is -1.70. The molecule has 5 nitrogen and oxygen atoms in total. The summed E-state index contributed by atoms with van der Waals surface area (Å²) in [5.74, 6) is 0. The van der Waals surface area contributed by atoms with E-state index < -0.39 is 24.9 Å². The normalized spacial score (nSPS) is 12.3. The van der Waals surface area contributed by atoms with E-state index in [2.05, 4.69) is 0 Å². The fraction of sp³-hybridized carbons (Fsp3) is 0. The molecule has 2 aromatic carbocycles. The highest BCUT2D eigenvalue weighted by Gasteiger charge is 2.19. The van der Waals surface area contributed by atoms with Crippen LogP contribution in [0.15, 0.2) is 69.3 Å². The third-order valence-corrected chi connectivity index (χ3v) is 5.08. The molecule has 0 amide bonds. The zero-order chi connectivity index (χ0) is 14.1. The van der Waals surface area contributed by atoms with E-state index in [0.29, 0.717) is 0 Å². The fourth-order valence-corrected chi connectivity index (χ4v) is 3.47. The number of hydrogen-bond acceptors (Lipinski definition) is 4. The molecule has 0 unspecified atom stereocenters. The van der Waals surface area contributed by atoms with E-state index in [9.17, 15) is 16.8 Å². The quantitative estimate of drug-likeness (QED) is 0.872. The van der Waals surface area contributed by atoms with Gasteiger partial charge >= 0.3 is 0 Å². The smallest absolute Gasteiger partial charge is 0.282 e. The summed E-state index contributed by atoms with van der Waals surface area (Å²) < 4.78 is 55.4. The van der Waals surface area contributed by atoms with Crippen LogP contribution < -0.4 is 0 Å². The maximum Gasteiger partial charge on any atom is 0.294 e. The molecule has 7 heteroatoms. The van der Waals surface area contributed by atoms with Crippen molar-refractivity contribution in [3.05, 3.63) is 54.6 Å². The first-order valence-electron chi connectivity index (χ1n) is 5.19. The molecule has 0 bridgehead atoms. The Kier molecular flexibility index (Phi) is 3.44. The first-order chi connectivity index (χ1) is 8.82. The van der Waals surface area contributed by atoms with Crippen molar-refractivity contribution in [2.75, 3.05) is 0 Å². The molecule has 0 heterocycles. The van der Waals surface area contributed by atoms with Crippen molar-refractivity contribution in [1.82, 2.24) is 0 Å². The van der Waals surface area contributed by atoms with Crippen LogP contribution in [0.4, 0.5) is 0 Å². The van der Waals surface area contributed by atoms with Crippen LogP contribution in [0.1, 0.15) is 0 Å². The summed E-state index contributed by atoms with van der Waals surface area (Å²) in [6.07, 6.45) is 0. The van der Waals surface area contributed by atoms with Gasteiger partial charge in [0.25, 0.3) is 10.1 Å². The molecule has 0 saturated carbocycles. The third kappa shape index (κ3) is 2.83. The minimum atomic E-state index is -4.43. The zero-order valence-electron chi connectivity index (χ0n) is 9.59. The largest absolute Gasteiger partial charge is 0.294 e. The maximum atomic E-state index is 12.2. The van der Waals surface area contributed by atoms with Gasteiger partial charge in [-0.1, -0.05) is 24.3 Å². The van der Waals surface area contributed by atoms with Crippen molar-refractivity contribution in [1.29, 1.82) is 0 Å². The molecular formula is C12H10O5S2. The minimum Gasteiger partial charge on any atom is -0.282 e. The van der Waals surface area contributed by atoms with Crippen molar-refractivity contribution in [2.24, 2.45) is 0 Å². The Labute approximate surface area is 111 Å². The van der Waals surface area contributed by atoms with Crippen LogP contribution >= 0.6 is 0 Å². The number of benzene rings is 2. The maximum absolute atomic E-state index is 12.2. The van der Waals surface area contributed by atoms with E-state index in [4.69, 9.17) is 4.55 Å². The zero-order valence-corrected chi connectivity index (χ0v) is 11.2. The van der Waals surface area contributed by atoms with E-state index in [1.807, 2.05) is 0 Å². The van der Waals surface area contributed by atoms with Crippen LogP contribution in [0.3, 0.4) is 0 Å². The lowest BCUT2D eigenvalue weighted by molar-refractivity contribution is 0.483. The van der Waals surface area contributed by atoms with E-state index in [0.717, 1.165) is 12.1 Å². The Balaban J connectivity index is 2.61. The van der Waals surface area contributed by atoms with Crippen molar-refractivity contribution in [3.63, 3.8) is 0 Å². The van der Waals surface area contributed by atoms with E-state index in [1.165, 1.54) is 24.3 Å². The number of rotatable bonds is 3. The van der Waals surface area contributed by atoms with Gasteiger partial charge in [0, 0.05) is 0 Å². The lowest BCUT2D eigenvalue weighted by atomic mass is 10.4. The lowest BCUT2D eigenvalue weighted by Gasteiger charge is -2.05. The Bertz CT molecular complexity index is 793. The van der Waals surface area contributed by atoms with Crippen molar-refractivity contribution >= 4 is 20.0 Å². The highest BCUT2D eigenvalue weighted by atomic mass is 32.2. The molecule has 0 saturated heterocycles. The second-order valence-electron chi connectivity index (χ2n) is 3.77. The standard InChI is InChI=1S/C12H10O5S2/c13-18(14,10-5-2-1-3-6-10)11-7-4-8-12(9-11)19(15,16)17/h1-9H,(H,15,16,17). The minimum absolute atomic E-state index is 0.0579. The molecule has 0 aliphatic rings. The molecule has 0 aromatic heterocycles. The van der Waals surface area contributed by atoms with Crippen LogP contribution in [-0.4, -0.2) is 21.4 Å². The SMILES string of the molecule is O=S(=O)(O)c1cccc(S(=O)(=O)c2ccccc2)c1. The van der Waals surface area contributed by atoms with E-state index in [1.54, 1.807) is 18.2 Å². The molecule has 0 radical (unpaired) electrons. The highest BCUT2D eigenvalue weighted by molar-refractivity contribution is 7.91. The molecule has 0 fully saturated rings. The number of sulfone groups is 1.